The fourth-order valence-electron chi connectivity index (χ4n) is 1.70. The molecule has 2 aromatic rings. The predicted octanol–water partition coefficient (Wildman–Crippen LogP) is 1.97. The summed E-state index contributed by atoms with van der Waals surface area (Å²) >= 11 is 1.34. The van der Waals surface area contributed by atoms with Gasteiger partial charge in [-0.3, -0.25) is 9.59 Å². The van der Waals surface area contributed by atoms with Crippen molar-refractivity contribution in [3.8, 4) is 0 Å². The van der Waals surface area contributed by atoms with Gasteiger partial charge in [0.05, 0.1) is 4.88 Å². The first-order chi connectivity index (χ1) is 9.22. The molecule has 0 bridgehead atoms. The number of amides is 2. The summed E-state index contributed by atoms with van der Waals surface area (Å²) in [6, 6.07) is 12.0. The molecule has 2 amide bonds. The van der Waals surface area contributed by atoms with E-state index in [1.807, 2.05) is 35.7 Å². The number of carbonyl (C=O) groups excluding carboxylic acids is 2. The van der Waals surface area contributed by atoms with E-state index < -0.39 is 6.04 Å². The molecule has 4 nitrogen and oxygen atoms in total. The molecule has 1 aromatic carbocycles. The molecule has 0 unspecified atom stereocenters. The summed E-state index contributed by atoms with van der Waals surface area (Å²) in [6.45, 7) is 0. The van der Waals surface area contributed by atoms with Gasteiger partial charge in [-0.15, -0.1) is 11.3 Å². The van der Waals surface area contributed by atoms with Gasteiger partial charge < -0.3 is 10.6 Å². The third-order valence-corrected chi connectivity index (χ3v) is 3.53. The van der Waals surface area contributed by atoms with Crippen LogP contribution in [0, 0.1) is 0 Å². The third-order valence-electron chi connectivity index (χ3n) is 2.66. The number of likely N-dealkylation sites (N-methyl/N-ethyl adjacent to an activating group) is 1. The molecule has 0 saturated carbocycles. The Bertz CT molecular complexity index is 552. The molecule has 0 aliphatic carbocycles. The van der Waals surface area contributed by atoms with E-state index >= 15 is 0 Å². The highest BCUT2D eigenvalue weighted by molar-refractivity contribution is 7.12. The Morgan fingerprint density at radius 3 is 2.42 bits per heavy atom. The van der Waals surface area contributed by atoms with Crippen LogP contribution in [0.4, 0.5) is 0 Å². The highest BCUT2D eigenvalue weighted by Gasteiger charge is 2.22. The van der Waals surface area contributed by atoms with Crippen molar-refractivity contribution < 1.29 is 9.59 Å². The molecule has 98 valence electrons. The van der Waals surface area contributed by atoms with Crippen molar-refractivity contribution in [2.24, 2.45) is 0 Å². The average molecular weight is 274 g/mol. The summed E-state index contributed by atoms with van der Waals surface area (Å²) in [7, 11) is 1.55. The van der Waals surface area contributed by atoms with Gasteiger partial charge in [0, 0.05) is 7.05 Å². The lowest BCUT2D eigenvalue weighted by Gasteiger charge is -2.17. The summed E-state index contributed by atoms with van der Waals surface area (Å²) < 4.78 is 0. The van der Waals surface area contributed by atoms with E-state index in [0.29, 0.717) is 4.88 Å². The molecule has 1 atom stereocenters. The molecule has 0 aliphatic heterocycles. The Kier molecular flexibility index (Phi) is 4.30. The minimum atomic E-state index is -0.680. The fraction of sp³-hybridized carbons (Fsp3) is 0.143. The highest BCUT2D eigenvalue weighted by Crippen LogP contribution is 2.15. The number of carbonyl (C=O) groups is 2. The molecular weight excluding hydrogens is 260 g/mol. The van der Waals surface area contributed by atoms with Crippen molar-refractivity contribution in [3.05, 3.63) is 58.3 Å². The van der Waals surface area contributed by atoms with Crippen LogP contribution in [0.25, 0.3) is 0 Å². The van der Waals surface area contributed by atoms with E-state index in [1.165, 1.54) is 11.3 Å². The number of rotatable bonds is 4. The van der Waals surface area contributed by atoms with Crippen LogP contribution in [-0.2, 0) is 4.79 Å². The van der Waals surface area contributed by atoms with Crippen LogP contribution in [0.15, 0.2) is 47.8 Å². The Labute approximate surface area is 115 Å². The molecule has 1 heterocycles. The van der Waals surface area contributed by atoms with Crippen LogP contribution in [0.3, 0.4) is 0 Å². The quantitative estimate of drug-likeness (QED) is 0.895. The maximum Gasteiger partial charge on any atom is 0.262 e. The van der Waals surface area contributed by atoms with E-state index in [2.05, 4.69) is 10.6 Å². The van der Waals surface area contributed by atoms with Crippen LogP contribution >= 0.6 is 11.3 Å². The van der Waals surface area contributed by atoms with Gasteiger partial charge in [-0.2, -0.15) is 0 Å². The van der Waals surface area contributed by atoms with Gasteiger partial charge >= 0.3 is 0 Å². The Morgan fingerprint density at radius 1 is 1.11 bits per heavy atom. The Hall–Kier alpha value is -2.14. The number of thiophene rings is 1. The van der Waals surface area contributed by atoms with Crippen molar-refractivity contribution in [2.45, 2.75) is 6.04 Å². The van der Waals surface area contributed by atoms with Crippen LogP contribution in [-0.4, -0.2) is 18.9 Å². The lowest BCUT2D eigenvalue weighted by molar-refractivity contribution is -0.122. The van der Waals surface area contributed by atoms with Gasteiger partial charge in [0.25, 0.3) is 5.91 Å². The fourth-order valence-corrected chi connectivity index (χ4v) is 2.33. The first-order valence-corrected chi connectivity index (χ1v) is 6.71. The highest BCUT2D eigenvalue weighted by atomic mass is 32.1. The van der Waals surface area contributed by atoms with Gasteiger partial charge in [0.1, 0.15) is 6.04 Å². The van der Waals surface area contributed by atoms with E-state index in [4.69, 9.17) is 0 Å². The first-order valence-electron chi connectivity index (χ1n) is 5.83. The molecule has 5 heteroatoms. The molecule has 0 fully saturated rings. The molecule has 0 radical (unpaired) electrons. The number of hydrogen-bond donors (Lipinski definition) is 2. The summed E-state index contributed by atoms with van der Waals surface area (Å²) in [6.07, 6.45) is 0. The second-order valence-electron chi connectivity index (χ2n) is 3.91. The first kappa shape index (κ1) is 13.3. The van der Waals surface area contributed by atoms with Crippen molar-refractivity contribution in [1.29, 1.82) is 0 Å². The maximum atomic E-state index is 12.0. The number of hydrogen-bond acceptors (Lipinski definition) is 3. The number of benzene rings is 1. The van der Waals surface area contributed by atoms with Gasteiger partial charge in [0.2, 0.25) is 5.91 Å². The zero-order chi connectivity index (χ0) is 13.7. The topological polar surface area (TPSA) is 58.2 Å². The van der Waals surface area contributed by atoms with E-state index in [9.17, 15) is 9.59 Å². The van der Waals surface area contributed by atoms with Crippen LogP contribution in [0.2, 0.25) is 0 Å². The van der Waals surface area contributed by atoms with Gasteiger partial charge in [0.15, 0.2) is 0 Å². The summed E-state index contributed by atoms with van der Waals surface area (Å²) in [4.78, 5) is 24.5. The summed E-state index contributed by atoms with van der Waals surface area (Å²) in [5.74, 6) is -0.483. The summed E-state index contributed by atoms with van der Waals surface area (Å²) in [5, 5.41) is 7.14. The zero-order valence-corrected chi connectivity index (χ0v) is 11.2. The molecule has 0 aliphatic rings. The SMILES string of the molecule is CNC(=O)[C@@H](NC(=O)c1cccs1)c1ccccc1. The van der Waals surface area contributed by atoms with Crippen molar-refractivity contribution in [1.82, 2.24) is 10.6 Å². The smallest absolute Gasteiger partial charge is 0.262 e. The van der Waals surface area contributed by atoms with Crippen molar-refractivity contribution in [3.63, 3.8) is 0 Å². The Balaban J connectivity index is 2.20. The van der Waals surface area contributed by atoms with Crippen molar-refractivity contribution in [2.75, 3.05) is 7.05 Å². The zero-order valence-electron chi connectivity index (χ0n) is 10.4. The molecule has 0 saturated heterocycles. The minimum Gasteiger partial charge on any atom is -0.357 e. The largest absolute Gasteiger partial charge is 0.357 e. The molecule has 0 spiro atoms. The van der Waals surface area contributed by atoms with E-state index in [0.717, 1.165) is 5.56 Å². The lowest BCUT2D eigenvalue weighted by Crippen LogP contribution is -2.38. The molecule has 2 rings (SSSR count). The second kappa shape index (κ2) is 6.15. The van der Waals surface area contributed by atoms with Gasteiger partial charge in [-0.05, 0) is 17.0 Å². The standard InChI is InChI=1S/C14H14N2O2S/c1-15-14(18)12(10-6-3-2-4-7-10)16-13(17)11-8-5-9-19-11/h2-9,12H,1H3,(H,15,18)(H,16,17)/t12-/m0/s1. The molecule has 19 heavy (non-hydrogen) atoms. The van der Waals surface area contributed by atoms with Crippen LogP contribution < -0.4 is 10.6 Å². The predicted molar refractivity (Wildman–Crippen MR) is 75.0 cm³/mol. The second-order valence-corrected chi connectivity index (χ2v) is 4.86. The molecule has 1 aromatic heterocycles. The minimum absolute atomic E-state index is 0.240. The van der Waals surface area contributed by atoms with Crippen molar-refractivity contribution >= 4 is 23.2 Å². The third kappa shape index (κ3) is 3.20. The van der Waals surface area contributed by atoms with Gasteiger partial charge in [-0.25, -0.2) is 0 Å². The number of nitrogens with one attached hydrogen (secondary N) is 2. The lowest BCUT2D eigenvalue weighted by atomic mass is 10.1. The van der Waals surface area contributed by atoms with E-state index in [1.54, 1.807) is 19.2 Å². The summed E-state index contributed by atoms with van der Waals surface area (Å²) in [5.41, 5.74) is 0.756. The van der Waals surface area contributed by atoms with E-state index in [-0.39, 0.29) is 11.8 Å². The molecule has 2 N–H and O–H groups in total. The Morgan fingerprint density at radius 2 is 1.84 bits per heavy atom. The monoisotopic (exact) mass is 274 g/mol. The maximum absolute atomic E-state index is 12.0. The molecular formula is C14H14N2O2S. The average Bonchev–Trinajstić information content (AvgIpc) is 2.99. The van der Waals surface area contributed by atoms with Gasteiger partial charge in [-0.1, -0.05) is 36.4 Å². The normalized spacial score (nSPS) is 11.6. The van der Waals surface area contributed by atoms with Crippen LogP contribution in [0.1, 0.15) is 21.3 Å². The van der Waals surface area contributed by atoms with Crippen LogP contribution in [0.5, 0.6) is 0 Å².